The first kappa shape index (κ1) is 12.1. The minimum atomic E-state index is 0.502. The average Bonchev–Trinajstić information content (AvgIpc) is 2.95. The second kappa shape index (κ2) is 5.30. The first-order valence-corrected chi connectivity index (χ1v) is 7.73. The van der Waals surface area contributed by atoms with Crippen LogP contribution in [0, 0.1) is 5.92 Å². The largest absolute Gasteiger partial charge is 0.313 e. The molecule has 84 valence electrons. The van der Waals surface area contributed by atoms with Gasteiger partial charge in [-0.2, -0.15) is 0 Å². The summed E-state index contributed by atoms with van der Waals surface area (Å²) in [5.41, 5.74) is 1.40. The van der Waals surface area contributed by atoms with Gasteiger partial charge in [0.1, 0.15) is 0 Å². The maximum atomic E-state index is 3.63. The van der Waals surface area contributed by atoms with Crippen molar-refractivity contribution in [3.63, 3.8) is 0 Å². The van der Waals surface area contributed by atoms with E-state index in [-0.39, 0.29) is 0 Å². The van der Waals surface area contributed by atoms with E-state index in [2.05, 4.69) is 50.3 Å². The first-order chi connectivity index (χ1) is 7.20. The summed E-state index contributed by atoms with van der Waals surface area (Å²) in [6.45, 7) is 0. The molecule has 1 aliphatic carbocycles. The third-order valence-corrected chi connectivity index (χ3v) is 5.35. The van der Waals surface area contributed by atoms with Crippen LogP contribution in [-0.2, 0) is 0 Å². The molecule has 0 aliphatic heterocycles. The van der Waals surface area contributed by atoms with Gasteiger partial charge in [0.25, 0.3) is 0 Å². The minimum Gasteiger partial charge on any atom is -0.313 e. The van der Waals surface area contributed by atoms with E-state index in [1.807, 2.05) is 0 Å². The molecule has 1 nitrogen and oxygen atoms in total. The predicted molar refractivity (Wildman–Crippen MR) is 73.5 cm³/mol. The molecule has 1 fully saturated rings. The maximum absolute atomic E-state index is 3.63. The number of hydrogen-bond donors (Lipinski definition) is 1. The zero-order valence-corrected chi connectivity index (χ0v) is 12.7. The fourth-order valence-corrected chi connectivity index (χ4v) is 4.83. The summed E-state index contributed by atoms with van der Waals surface area (Å²) in [7, 11) is 2.05. The Morgan fingerprint density at radius 3 is 2.73 bits per heavy atom. The Labute approximate surface area is 112 Å². The molecule has 1 atom stereocenters. The van der Waals surface area contributed by atoms with Crippen LogP contribution in [0.3, 0.4) is 0 Å². The summed E-state index contributed by atoms with van der Waals surface area (Å²) in [6, 6.07) is 2.73. The molecule has 1 N–H and O–H groups in total. The highest BCUT2D eigenvalue weighted by Gasteiger charge is 2.23. The molecule has 0 spiro atoms. The Morgan fingerprint density at radius 1 is 1.53 bits per heavy atom. The molecular weight excluding hydrogens is 338 g/mol. The van der Waals surface area contributed by atoms with Gasteiger partial charge >= 0.3 is 0 Å². The number of hydrogen-bond acceptors (Lipinski definition) is 2. The van der Waals surface area contributed by atoms with Crippen LogP contribution in [0.4, 0.5) is 0 Å². The van der Waals surface area contributed by atoms with Gasteiger partial charge in [-0.05, 0) is 69.3 Å². The summed E-state index contributed by atoms with van der Waals surface area (Å²) in [4.78, 5) is 0. The van der Waals surface area contributed by atoms with E-state index >= 15 is 0 Å². The lowest BCUT2D eigenvalue weighted by molar-refractivity contribution is 0.506. The van der Waals surface area contributed by atoms with Gasteiger partial charge in [-0.1, -0.05) is 12.8 Å². The van der Waals surface area contributed by atoms with Crippen molar-refractivity contribution >= 4 is 43.2 Å². The number of halogens is 2. The Balaban J connectivity index is 2.00. The van der Waals surface area contributed by atoms with Crippen molar-refractivity contribution in [3.8, 4) is 0 Å². The molecule has 1 heterocycles. The highest BCUT2D eigenvalue weighted by Crippen LogP contribution is 2.40. The Hall–Kier alpha value is 0.620. The molecule has 15 heavy (non-hydrogen) atoms. The molecule has 0 bridgehead atoms. The summed E-state index contributed by atoms with van der Waals surface area (Å²) in [6.07, 6.45) is 5.52. The van der Waals surface area contributed by atoms with Crippen molar-refractivity contribution < 1.29 is 0 Å². The topological polar surface area (TPSA) is 12.0 Å². The second-order valence-electron chi connectivity index (χ2n) is 4.14. The summed E-state index contributed by atoms with van der Waals surface area (Å²) < 4.78 is 2.46. The molecule has 0 aromatic carbocycles. The quantitative estimate of drug-likeness (QED) is 0.808. The van der Waals surface area contributed by atoms with E-state index in [4.69, 9.17) is 0 Å². The molecule has 1 saturated carbocycles. The monoisotopic (exact) mass is 351 g/mol. The molecule has 0 saturated heterocycles. The minimum absolute atomic E-state index is 0.502. The van der Waals surface area contributed by atoms with Gasteiger partial charge in [0.2, 0.25) is 0 Å². The van der Waals surface area contributed by atoms with Crippen LogP contribution in [0.25, 0.3) is 0 Å². The van der Waals surface area contributed by atoms with Crippen molar-refractivity contribution in [2.45, 2.75) is 31.7 Å². The molecule has 0 amide bonds. The average molecular weight is 353 g/mol. The fraction of sp³-hybridized carbons (Fsp3) is 0.636. The molecular formula is C11H15Br2NS. The molecule has 4 heteroatoms. The third kappa shape index (κ3) is 3.29. The van der Waals surface area contributed by atoms with Crippen LogP contribution in [0.15, 0.2) is 13.6 Å². The van der Waals surface area contributed by atoms with Gasteiger partial charge in [0.15, 0.2) is 0 Å². The van der Waals surface area contributed by atoms with Gasteiger partial charge in [-0.25, -0.2) is 0 Å². The van der Waals surface area contributed by atoms with Crippen molar-refractivity contribution in [2.24, 2.45) is 5.92 Å². The third-order valence-electron chi connectivity index (χ3n) is 2.97. The Kier molecular flexibility index (Phi) is 4.27. The number of thiophene rings is 1. The molecule has 1 unspecified atom stereocenters. The lowest BCUT2D eigenvalue weighted by atomic mass is 10.0. The molecule has 1 aromatic rings. The SMILES string of the molecule is CNC(CCC1CC1)c1cc(Br)sc1Br. The molecule has 0 radical (unpaired) electrons. The molecule has 1 aromatic heterocycles. The van der Waals surface area contributed by atoms with Crippen LogP contribution in [0.1, 0.15) is 37.3 Å². The van der Waals surface area contributed by atoms with Gasteiger partial charge in [0.05, 0.1) is 7.57 Å². The van der Waals surface area contributed by atoms with E-state index in [0.717, 1.165) is 5.92 Å². The lowest BCUT2D eigenvalue weighted by Gasteiger charge is -2.15. The van der Waals surface area contributed by atoms with E-state index in [9.17, 15) is 0 Å². The van der Waals surface area contributed by atoms with Crippen LogP contribution in [0.2, 0.25) is 0 Å². The van der Waals surface area contributed by atoms with Gasteiger partial charge < -0.3 is 5.32 Å². The van der Waals surface area contributed by atoms with Gasteiger partial charge in [-0.15, -0.1) is 11.3 Å². The predicted octanol–water partition coefficient (Wildman–Crippen LogP) is 4.72. The van der Waals surface area contributed by atoms with Crippen molar-refractivity contribution in [1.82, 2.24) is 5.32 Å². The van der Waals surface area contributed by atoms with Gasteiger partial charge in [-0.3, -0.25) is 0 Å². The first-order valence-electron chi connectivity index (χ1n) is 5.32. The van der Waals surface area contributed by atoms with Crippen molar-refractivity contribution in [1.29, 1.82) is 0 Å². The highest BCUT2D eigenvalue weighted by molar-refractivity contribution is 9.12. The maximum Gasteiger partial charge on any atom is 0.0758 e. The zero-order chi connectivity index (χ0) is 10.8. The summed E-state index contributed by atoms with van der Waals surface area (Å²) >= 11 is 8.92. The highest BCUT2D eigenvalue weighted by atomic mass is 79.9. The summed E-state index contributed by atoms with van der Waals surface area (Å²) in [5, 5.41) is 3.41. The zero-order valence-electron chi connectivity index (χ0n) is 8.72. The smallest absolute Gasteiger partial charge is 0.0758 e. The van der Waals surface area contributed by atoms with E-state index in [1.165, 1.54) is 38.8 Å². The summed E-state index contributed by atoms with van der Waals surface area (Å²) in [5.74, 6) is 1.02. The van der Waals surface area contributed by atoms with E-state index in [0.29, 0.717) is 6.04 Å². The lowest BCUT2D eigenvalue weighted by Crippen LogP contribution is -2.16. The van der Waals surface area contributed by atoms with Crippen LogP contribution in [-0.4, -0.2) is 7.05 Å². The normalized spacial score (nSPS) is 18.1. The molecule has 1 aliphatic rings. The van der Waals surface area contributed by atoms with Crippen LogP contribution in [0.5, 0.6) is 0 Å². The fourth-order valence-electron chi connectivity index (χ4n) is 1.85. The Morgan fingerprint density at radius 2 is 2.27 bits per heavy atom. The second-order valence-corrected chi connectivity index (χ2v) is 7.89. The number of nitrogens with one attached hydrogen (secondary N) is 1. The van der Waals surface area contributed by atoms with Crippen LogP contribution >= 0.6 is 43.2 Å². The van der Waals surface area contributed by atoms with Crippen LogP contribution < -0.4 is 5.32 Å². The van der Waals surface area contributed by atoms with Crippen molar-refractivity contribution in [2.75, 3.05) is 7.05 Å². The standard InChI is InChI=1S/C11H15Br2NS/c1-14-9(5-4-7-2-3-7)8-6-10(12)15-11(8)13/h6-7,9,14H,2-5H2,1H3. The van der Waals surface area contributed by atoms with E-state index < -0.39 is 0 Å². The van der Waals surface area contributed by atoms with Crippen molar-refractivity contribution in [3.05, 3.63) is 19.2 Å². The number of rotatable bonds is 5. The Bertz CT molecular complexity index is 333. The van der Waals surface area contributed by atoms with Gasteiger partial charge in [0, 0.05) is 6.04 Å². The molecule has 2 rings (SSSR count). The van der Waals surface area contributed by atoms with E-state index in [1.54, 1.807) is 11.3 Å².